The summed E-state index contributed by atoms with van der Waals surface area (Å²) >= 11 is 0. The zero-order valence-electron chi connectivity index (χ0n) is 16.6. The van der Waals surface area contributed by atoms with Crippen LogP contribution in [0.2, 0.25) is 0 Å². The fourth-order valence-corrected chi connectivity index (χ4v) is 5.01. The third kappa shape index (κ3) is 3.13. The van der Waals surface area contributed by atoms with Crippen LogP contribution in [0.15, 0.2) is 40.1 Å². The number of pyridine rings is 2. The fourth-order valence-electron chi connectivity index (χ4n) is 5.01. The van der Waals surface area contributed by atoms with Gasteiger partial charge in [0, 0.05) is 49.6 Å². The Labute approximate surface area is 168 Å². The minimum atomic E-state index is -0.348. The lowest BCUT2D eigenvalue weighted by Crippen LogP contribution is -2.51. The van der Waals surface area contributed by atoms with Crippen LogP contribution in [-0.4, -0.2) is 34.7 Å². The summed E-state index contributed by atoms with van der Waals surface area (Å²) in [4.78, 5) is 38.4. The van der Waals surface area contributed by atoms with Gasteiger partial charge in [0.1, 0.15) is 5.56 Å². The Morgan fingerprint density at radius 1 is 1.21 bits per heavy atom. The molecule has 1 amide bonds. The second-order valence-electron chi connectivity index (χ2n) is 8.60. The SMILES string of the molecule is Cc1ccn(C2CC2)c(=O)c1C(=O)NC[C@H]1[C@@H]2CNC[C@@H](C2)c2cccc(=O)n21. The molecule has 2 fully saturated rings. The van der Waals surface area contributed by atoms with E-state index in [1.165, 1.54) is 0 Å². The van der Waals surface area contributed by atoms with Crippen LogP contribution < -0.4 is 21.8 Å². The van der Waals surface area contributed by atoms with Crippen molar-refractivity contribution in [2.24, 2.45) is 5.92 Å². The van der Waals surface area contributed by atoms with Crippen molar-refractivity contribution in [3.05, 3.63) is 68.0 Å². The minimum Gasteiger partial charge on any atom is -0.350 e. The van der Waals surface area contributed by atoms with Crippen LogP contribution in [0.4, 0.5) is 0 Å². The normalized spacial score (nSPS) is 25.3. The number of amides is 1. The number of carbonyl (C=O) groups is 1. The highest BCUT2D eigenvalue weighted by Gasteiger charge is 2.38. The van der Waals surface area contributed by atoms with Crippen molar-refractivity contribution in [1.82, 2.24) is 19.8 Å². The molecule has 2 aromatic heterocycles. The number of rotatable bonds is 4. The lowest BCUT2D eigenvalue weighted by atomic mass is 9.79. The highest BCUT2D eigenvalue weighted by molar-refractivity contribution is 5.95. The molecule has 29 heavy (non-hydrogen) atoms. The Kier molecular flexibility index (Phi) is 4.42. The van der Waals surface area contributed by atoms with E-state index in [0.29, 0.717) is 18.0 Å². The van der Waals surface area contributed by atoms with Crippen LogP contribution in [0.5, 0.6) is 0 Å². The monoisotopic (exact) mass is 394 g/mol. The lowest BCUT2D eigenvalue weighted by Gasteiger charge is -2.43. The average molecular weight is 394 g/mol. The molecule has 1 saturated carbocycles. The summed E-state index contributed by atoms with van der Waals surface area (Å²) in [5.41, 5.74) is 1.70. The summed E-state index contributed by atoms with van der Waals surface area (Å²) in [6.07, 6.45) is 4.77. The minimum absolute atomic E-state index is 0.0228. The van der Waals surface area contributed by atoms with E-state index in [0.717, 1.165) is 38.0 Å². The molecule has 0 spiro atoms. The van der Waals surface area contributed by atoms with Gasteiger partial charge in [0.2, 0.25) is 0 Å². The number of nitrogens with zero attached hydrogens (tertiary/aromatic N) is 2. The van der Waals surface area contributed by atoms with Gasteiger partial charge in [-0.3, -0.25) is 14.4 Å². The van der Waals surface area contributed by atoms with Gasteiger partial charge in [0.25, 0.3) is 17.0 Å². The number of fused-ring (bicyclic) bond motifs is 4. The van der Waals surface area contributed by atoms with Crippen molar-refractivity contribution in [3.63, 3.8) is 0 Å². The van der Waals surface area contributed by atoms with E-state index < -0.39 is 0 Å². The van der Waals surface area contributed by atoms with Crippen LogP contribution >= 0.6 is 0 Å². The number of piperidine rings is 1. The van der Waals surface area contributed by atoms with E-state index in [9.17, 15) is 14.4 Å². The Hall–Kier alpha value is -2.67. The summed E-state index contributed by atoms with van der Waals surface area (Å²) in [5.74, 6) is 0.261. The van der Waals surface area contributed by atoms with E-state index in [-0.39, 0.29) is 40.6 Å². The van der Waals surface area contributed by atoms with Crippen LogP contribution in [-0.2, 0) is 0 Å². The van der Waals surface area contributed by atoms with Crippen molar-refractivity contribution < 1.29 is 4.79 Å². The number of aromatic nitrogens is 2. The Balaban J connectivity index is 1.43. The molecule has 2 aliphatic heterocycles. The zero-order chi connectivity index (χ0) is 20.1. The predicted octanol–water partition coefficient (Wildman–Crippen LogP) is 1.33. The van der Waals surface area contributed by atoms with Gasteiger partial charge in [0.15, 0.2) is 0 Å². The van der Waals surface area contributed by atoms with Gasteiger partial charge < -0.3 is 19.8 Å². The largest absolute Gasteiger partial charge is 0.350 e. The molecule has 0 unspecified atom stereocenters. The van der Waals surface area contributed by atoms with Crippen molar-refractivity contribution in [2.45, 2.75) is 44.2 Å². The first-order chi connectivity index (χ1) is 14.0. The van der Waals surface area contributed by atoms with Gasteiger partial charge in [-0.1, -0.05) is 6.07 Å². The molecule has 7 heteroatoms. The Bertz CT molecular complexity index is 1080. The molecule has 3 aliphatic rings. The third-order valence-electron chi connectivity index (χ3n) is 6.67. The molecular formula is C22H26N4O3. The first-order valence-electron chi connectivity index (χ1n) is 10.5. The molecule has 3 atom stereocenters. The number of hydrogen-bond donors (Lipinski definition) is 2. The van der Waals surface area contributed by atoms with Crippen LogP contribution in [0.1, 0.15) is 58.9 Å². The standard InChI is InChI=1S/C22H26N4O3/c1-13-7-8-25(16-5-6-16)22(29)20(13)21(28)24-12-18-15-9-14(10-23-11-15)17-3-2-4-19(27)26(17)18/h2-4,7-8,14-16,18,23H,5-6,9-12H2,1H3,(H,24,28)/t14-,15+,18+/m1/s1. The van der Waals surface area contributed by atoms with Crippen LogP contribution in [0, 0.1) is 12.8 Å². The zero-order valence-corrected chi connectivity index (χ0v) is 16.6. The van der Waals surface area contributed by atoms with E-state index >= 15 is 0 Å². The van der Waals surface area contributed by atoms with Crippen LogP contribution in [0.3, 0.4) is 0 Å². The molecule has 2 bridgehead atoms. The topological polar surface area (TPSA) is 85.1 Å². The smallest absolute Gasteiger partial charge is 0.263 e. The third-order valence-corrected chi connectivity index (χ3v) is 6.67. The molecule has 2 N–H and O–H groups in total. The molecule has 0 radical (unpaired) electrons. The van der Waals surface area contributed by atoms with Gasteiger partial charge in [-0.05, 0) is 49.8 Å². The molecule has 2 aromatic rings. The number of carbonyl (C=O) groups excluding carboxylic acids is 1. The summed E-state index contributed by atoms with van der Waals surface area (Å²) in [6.45, 7) is 3.84. The summed E-state index contributed by atoms with van der Waals surface area (Å²) < 4.78 is 3.54. The number of nitrogens with one attached hydrogen (secondary N) is 2. The lowest BCUT2D eigenvalue weighted by molar-refractivity contribution is 0.0929. The second kappa shape index (κ2) is 6.99. The van der Waals surface area contributed by atoms with Gasteiger partial charge in [-0.25, -0.2) is 0 Å². The predicted molar refractivity (Wildman–Crippen MR) is 109 cm³/mol. The van der Waals surface area contributed by atoms with Gasteiger partial charge in [-0.2, -0.15) is 0 Å². The van der Waals surface area contributed by atoms with E-state index in [1.807, 2.05) is 22.8 Å². The first-order valence-corrected chi connectivity index (χ1v) is 10.5. The second-order valence-corrected chi connectivity index (χ2v) is 8.60. The number of hydrogen-bond acceptors (Lipinski definition) is 4. The first kappa shape index (κ1) is 18.4. The summed E-state index contributed by atoms with van der Waals surface area (Å²) in [7, 11) is 0. The van der Waals surface area contributed by atoms with E-state index in [2.05, 4.69) is 10.6 Å². The van der Waals surface area contributed by atoms with Gasteiger partial charge in [-0.15, -0.1) is 0 Å². The maximum absolute atomic E-state index is 13.0. The Morgan fingerprint density at radius 3 is 2.83 bits per heavy atom. The molecular weight excluding hydrogens is 368 g/mol. The highest BCUT2D eigenvalue weighted by Crippen LogP contribution is 2.38. The molecule has 0 aromatic carbocycles. The average Bonchev–Trinajstić information content (AvgIpc) is 3.54. The van der Waals surface area contributed by atoms with Crippen molar-refractivity contribution in [1.29, 1.82) is 0 Å². The molecule has 4 heterocycles. The molecule has 152 valence electrons. The van der Waals surface area contributed by atoms with Gasteiger partial charge >= 0.3 is 0 Å². The quantitative estimate of drug-likeness (QED) is 0.819. The maximum atomic E-state index is 13.0. The molecule has 7 nitrogen and oxygen atoms in total. The fraction of sp³-hybridized carbons (Fsp3) is 0.500. The van der Waals surface area contributed by atoms with E-state index in [1.54, 1.807) is 23.8 Å². The van der Waals surface area contributed by atoms with Crippen LogP contribution in [0.25, 0.3) is 0 Å². The van der Waals surface area contributed by atoms with E-state index in [4.69, 9.17) is 0 Å². The van der Waals surface area contributed by atoms with Crippen molar-refractivity contribution in [3.8, 4) is 0 Å². The number of aryl methyl sites for hydroxylation is 1. The van der Waals surface area contributed by atoms with Gasteiger partial charge in [0.05, 0.1) is 6.04 Å². The summed E-state index contributed by atoms with van der Waals surface area (Å²) in [6, 6.07) is 7.37. The van der Waals surface area contributed by atoms with Crippen molar-refractivity contribution >= 4 is 5.91 Å². The molecule has 5 rings (SSSR count). The molecule has 1 aliphatic carbocycles. The van der Waals surface area contributed by atoms with Crippen molar-refractivity contribution in [2.75, 3.05) is 19.6 Å². The molecule has 1 saturated heterocycles. The maximum Gasteiger partial charge on any atom is 0.263 e. The summed E-state index contributed by atoms with van der Waals surface area (Å²) in [5, 5.41) is 6.43. The Morgan fingerprint density at radius 2 is 2.03 bits per heavy atom. The highest BCUT2D eigenvalue weighted by atomic mass is 16.2.